The third-order valence-electron chi connectivity index (χ3n) is 9.00. The zero-order valence-electron chi connectivity index (χ0n) is 25.6. The molecule has 2 aliphatic rings. The summed E-state index contributed by atoms with van der Waals surface area (Å²) in [7, 11) is 0. The second kappa shape index (κ2) is 12.1. The molecule has 2 fully saturated rings. The predicted octanol–water partition coefficient (Wildman–Crippen LogP) is 5.97. The van der Waals surface area contributed by atoms with Gasteiger partial charge in [0.15, 0.2) is 11.4 Å². The van der Waals surface area contributed by atoms with Gasteiger partial charge in [-0.15, -0.1) is 0 Å². The van der Waals surface area contributed by atoms with Crippen LogP contribution >= 0.6 is 0 Å². The van der Waals surface area contributed by atoms with Crippen LogP contribution in [0.2, 0.25) is 0 Å². The smallest absolute Gasteiger partial charge is 0.231 e. The maximum absolute atomic E-state index is 13.5. The highest BCUT2D eigenvalue weighted by Gasteiger charge is 2.45. The minimum atomic E-state index is -0.364. The molecule has 1 aromatic carbocycles. The number of nitrogens with zero attached hydrogens (tertiary/aromatic N) is 7. The first-order valence-electron chi connectivity index (χ1n) is 15.4. The van der Waals surface area contributed by atoms with Crippen LogP contribution in [0.15, 0.2) is 65.1 Å². The number of pyridine rings is 1. The maximum atomic E-state index is 13.5. The molecule has 0 spiro atoms. The third-order valence-corrected chi connectivity index (χ3v) is 9.00. The summed E-state index contributed by atoms with van der Waals surface area (Å²) in [6.07, 6.45) is 9.30. The van der Waals surface area contributed by atoms with Crippen LogP contribution in [-0.2, 0) is 4.79 Å². The minimum absolute atomic E-state index is 0.00939. The van der Waals surface area contributed by atoms with Crippen LogP contribution in [0.25, 0.3) is 28.0 Å². The van der Waals surface area contributed by atoms with Crippen LogP contribution in [0.1, 0.15) is 81.8 Å². The number of amides is 1. The largest absolute Gasteiger partial charge is 0.383 e. The Morgan fingerprint density at radius 1 is 1.05 bits per heavy atom. The van der Waals surface area contributed by atoms with E-state index in [1.54, 1.807) is 16.9 Å². The number of aromatic nitrogens is 4. The third kappa shape index (κ3) is 5.40. The van der Waals surface area contributed by atoms with Gasteiger partial charge in [0.2, 0.25) is 5.91 Å². The van der Waals surface area contributed by atoms with E-state index in [0.29, 0.717) is 16.9 Å². The van der Waals surface area contributed by atoms with Gasteiger partial charge < -0.3 is 10.6 Å². The van der Waals surface area contributed by atoms with Crippen molar-refractivity contribution in [1.82, 2.24) is 24.5 Å². The van der Waals surface area contributed by atoms with Crippen LogP contribution in [0.3, 0.4) is 0 Å². The Balaban J connectivity index is 1.30. The topological polar surface area (TPSA) is 131 Å². The molecule has 2 saturated heterocycles. The average molecular weight is 591 g/mol. The molecule has 0 saturated carbocycles. The van der Waals surface area contributed by atoms with E-state index >= 15 is 0 Å². The lowest BCUT2D eigenvalue weighted by Crippen LogP contribution is -2.48. The lowest BCUT2D eigenvalue weighted by molar-refractivity contribution is -0.137. The Morgan fingerprint density at radius 3 is 2.41 bits per heavy atom. The Bertz CT molecular complexity index is 1750. The highest BCUT2D eigenvalue weighted by Crippen LogP contribution is 2.45. The number of fused-ring (bicyclic) bond motifs is 3. The first-order chi connectivity index (χ1) is 21.3. The van der Waals surface area contributed by atoms with Crippen molar-refractivity contribution in [1.29, 1.82) is 0 Å². The molecule has 10 heteroatoms. The number of hydrogen-bond acceptors (Lipinski definition) is 8. The van der Waals surface area contributed by atoms with E-state index in [-0.39, 0.29) is 41.4 Å². The van der Waals surface area contributed by atoms with Crippen molar-refractivity contribution in [3.63, 3.8) is 0 Å². The average Bonchev–Trinajstić information content (AvgIpc) is 3.58. The lowest BCUT2D eigenvalue weighted by Gasteiger charge is -2.40. The molecule has 2 bridgehead atoms. The first kappa shape index (κ1) is 29.3. The molecule has 6 rings (SSSR count). The number of nitrogen functional groups attached to an aromatic ring is 1. The van der Waals surface area contributed by atoms with E-state index in [0.717, 1.165) is 60.2 Å². The van der Waals surface area contributed by atoms with Crippen molar-refractivity contribution >= 4 is 35.1 Å². The van der Waals surface area contributed by atoms with Gasteiger partial charge in [-0.25, -0.2) is 4.98 Å². The van der Waals surface area contributed by atoms with Crippen molar-refractivity contribution in [3.8, 4) is 22.4 Å². The molecular weight excluding hydrogens is 552 g/mol. The quantitative estimate of drug-likeness (QED) is 0.153. The van der Waals surface area contributed by atoms with E-state index in [1.165, 1.54) is 6.92 Å². The summed E-state index contributed by atoms with van der Waals surface area (Å²) in [5.74, 6) is -0.155. The number of hydrogen-bond donors (Lipinski definition) is 1. The van der Waals surface area contributed by atoms with Crippen LogP contribution in [-0.4, -0.2) is 60.2 Å². The first-order valence-corrected chi connectivity index (χ1v) is 15.4. The summed E-state index contributed by atoms with van der Waals surface area (Å²) in [5.41, 5.74) is 12.8. The highest BCUT2D eigenvalue weighted by molar-refractivity contribution is 6.00. The minimum Gasteiger partial charge on any atom is -0.383 e. The lowest BCUT2D eigenvalue weighted by atomic mass is 9.84. The summed E-state index contributed by atoms with van der Waals surface area (Å²) >= 11 is 0. The fourth-order valence-corrected chi connectivity index (χ4v) is 6.59. The van der Waals surface area contributed by atoms with Gasteiger partial charge in [-0.2, -0.15) is 19.8 Å². The van der Waals surface area contributed by atoms with E-state index in [4.69, 9.17) is 10.7 Å². The molecule has 3 unspecified atom stereocenters. The second-order valence-corrected chi connectivity index (χ2v) is 11.9. The Labute approximate surface area is 257 Å². The molecule has 0 aliphatic carbocycles. The summed E-state index contributed by atoms with van der Waals surface area (Å²) in [5, 5.41) is 12.8. The van der Waals surface area contributed by atoms with Crippen LogP contribution in [0.5, 0.6) is 0 Å². The molecule has 3 atom stereocenters. The molecule has 2 N–H and O–H groups in total. The van der Waals surface area contributed by atoms with Gasteiger partial charge in [0, 0.05) is 52.8 Å². The molecule has 1 amide bonds. The number of ketones is 1. The molecule has 4 aromatic rings. The van der Waals surface area contributed by atoms with E-state index in [1.807, 2.05) is 74.3 Å². The van der Waals surface area contributed by atoms with Crippen molar-refractivity contribution in [2.45, 2.75) is 77.8 Å². The number of carbonyl (C=O) groups excluding carboxylic acids is 2. The number of carbonyl (C=O) groups is 2. The normalized spacial score (nSPS) is 20.9. The van der Waals surface area contributed by atoms with Crippen LogP contribution in [0, 0.1) is 5.92 Å². The molecule has 10 nitrogen and oxygen atoms in total. The van der Waals surface area contributed by atoms with Gasteiger partial charge in [0.1, 0.15) is 5.82 Å². The number of rotatable bonds is 8. The van der Waals surface area contributed by atoms with Crippen molar-refractivity contribution in [2.24, 2.45) is 16.1 Å². The van der Waals surface area contributed by atoms with Gasteiger partial charge in [0.25, 0.3) is 0 Å². The number of piperidine rings is 1. The predicted molar refractivity (Wildman–Crippen MR) is 173 cm³/mol. The summed E-state index contributed by atoms with van der Waals surface area (Å²) in [4.78, 5) is 38.3. The molecule has 226 valence electrons. The van der Waals surface area contributed by atoms with E-state index in [9.17, 15) is 9.59 Å². The second-order valence-electron chi connectivity index (χ2n) is 11.9. The number of benzene rings is 1. The van der Waals surface area contributed by atoms with Crippen LogP contribution in [0.4, 0.5) is 5.82 Å². The molecule has 5 heterocycles. The molecule has 44 heavy (non-hydrogen) atoms. The standard InChI is InChI=1S/C34H38N8O2/c1-5-21(3)40-37-17-20(2)34(44)41-26-12-13-27(41)16-25(15-26)31-30(22(4)43)32(35)42-33(39-31)28(19-38-42)24-11-14-29(36-18-24)23-9-7-6-8-10-23/h6-11,14,17-20,25-27H,5,12-13,15-16,35H2,1-4H3/b37-17+,40-21-. The highest BCUT2D eigenvalue weighted by atomic mass is 16.2. The fraction of sp³-hybridized carbons (Fsp3) is 0.382. The molecule has 2 aliphatic heterocycles. The van der Waals surface area contributed by atoms with Crippen LogP contribution < -0.4 is 5.73 Å². The van der Waals surface area contributed by atoms with Gasteiger partial charge >= 0.3 is 0 Å². The fourth-order valence-electron chi connectivity index (χ4n) is 6.59. The van der Waals surface area contributed by atoms with E-state index in [2.05, 4.69) is 20.3 Å². The van der Waals surface area contributed by atoms with Crippen molar-refractivity contribution in [3.05, 3.63) is 66.1 Å². The SMILES string of the molecule is CC/C(C)=N\N=C\C(C)C(=O)N1C2CCC1CC(c1nc3c(-c4ccc(-c5ccccc5)nc4)cnn3c(N)c1C(C)=O)C2. The van der Waals surface area contributed by atoms with Crippen molar-refractivity contribution in [2.75, 3.05) is 5.73 Å². The zero-order chi connectivity index (χ0) is 31.0. The molecule has 0 radical (unpaired) electrons. The van der Waals surface area contributed by atoms with E-state index < -0.39 is 0 Å². The van der Waals surface area contributed by atoms with Gasteiger partial charge in [-0.3, -0.25) is 14.6 Å². The molecular formula is C34H38N8O2. The van der Waals surface area contributed by atoms with Gasteiger partial charge in [0.05, 0.1) is 29.1 Å². The zero-order valence-corrected chi connectivity index (χ0v) is 25.6. The number of anilines is 1. The Hall–Kier alpha value is -4.73. The maximum Gasteiger partial charge on any atom is 0.231 e. The molecule has 3 aromatic heterocycles. The Morgan fingerprint density at radius 2 is 1.77 bits per heavy atom. The van der Waals surface area contributed by atoms with Gasteiger partial charge in [-0.05, 0) is 58.9 Å². The summed E-state index contributed by atoms with van der Waals surface area (Å²) in [6.45, 7) is 7.35. The monoisotopic (exact) mass is 590 g/mol. The summed E-state index contributed by atoms with van der Waals surface area (Å²) in [6, 6.07) is 14.1. The number of nitrogens with two attached hydrogens (primary N) is 1. The van der Waals surface area contributed by atoms with Gasteiger partial charge in [-0.1, -0.05) is 43.3 Å². The number of Topliss-reactive ketones (excluding diaryl/α,β-unsaturated/α-hetero) is 1. The summed E-state index contributed by atoms with van der Waals surface area (Å²) < 4.78 is 1.55. The van der Waals surface area contributed by atoms with Crippen molar-refractivity contribution < 1.29 is 9.59 Å². The Kier molecular flexibility index (Phi) is 8.07.